The molecule has 6 heteroatoms. The lowest BCUT2D eigenvalue weighted by atomic mass is 10.2. The van der Waals surface area contributed by atoms with Gasteiger partial charge in [0.05, 0.1) is 24.2 Å². The largest absolute Gasteiger partial charge is 0.377 e. The molecule has 0 spiro atoms. The molecule has 3 rings (SSSR count). The topological polar surface area (TPSA) is 42.0 Å². The number of aryl methyl sites for hydroxylation is 1. The molecule has 2 aliphatic rings. The monoisotopic (exact) mass is 338 g/mol. The van der Waals surface area contributed by atoms with Crippen LogP contribution in [-0.2, 0) is 9.47 Å². The van der Waals surface area contributed by atoms with E-state index in [1.54, 1.807) is 11.3 Å². The first kappa shape index (κ1) is 16.9. The Morgan fingerprint density at radius 3 is 2.83 bits per heavy atom. The van der Waals surface area contributed by atoms with Crippen molar-refractivity contribution >= 4 is 17.2 Å². The zero-order chi connectivity index (χ0) is 16.1. The van der Waals surface area contributed by atoms with Gasteiger partial charge in [-0.3, -0.25) is 9.69 Å². The van der Waals surface area contributed by atoms with Crippen LogP contribution in [0.3, 0.4) is 0 Å². The molecule has 1 aromatic rings. The van der Waals surface area contributed by atoms with Gasteiger partial charge in [-0.15, -0.1) is 11.3 Å². The van der Waals surface area contributed by atoms with Crippen molar-refractivity contribution in [3.63, 3.8) is 0 Å². The van der Waals surface area contributed by atoms with Gasteiger partial charge in [0.1, 0.15) is 0 Å². The maximum Gasteiger partial charge on any atom is 0.264 e. The van der Waals surface area contributed by atoms with E-state index in [1.165, 1.54) is 4.88 Å². The lowest BCUT2D eigenvalue weighted by Gasteiger charge is -2.34. The summed E-state index contributed by atoms with van der Waals surface area (Å²) < 4.78 is 11.3. The van der Waals surface area contributed by atoms with Crippen LogP contribution in [0.25, 0.3) is 0 Å². The van der Waals surface area contributed by atoms with Crippen LogP contribution in [-0.4, -0.2) is 74.4 Å². The molecule has 0 saturated carbocycles. The molecule has 5 nitrogen and oxygen atoms in total. The number of ether oxygens (including phenoxy) is 2. The summed E-state index contributed by atoms with van der Waals surface area (Å²) in [5, 5.41) is 0. The summed E-state index contributed by atoms with van der Waals surface area (Å²) in [7, 11) is 0. The van der Waals surface area contributed by atoms with Crippen molar-refractivity contribution in [1.29, 1.82) is 0 Å². The lowest BCUT2D eigenvalue weighted by molar-refractivity contribution is 0.00659. The Morgan fingerprint density at radius 2 is 2.17 bits per heavy atom. The molecule has 2 fully saturated rings. The molecule has 1 amide bonds. The maximum absolute atomic E-state index is 12.4. The number of hydrogen-bond acceptors (Lipinski definition) is 5. The molecule has 1 aromatic heterocycles. The van der Waals surface area contributed by atoms with E-state index in [0.717, 1.165) is 70.3 Å². The first-order valence-corrected chi connectivity index (χ1v) is 9.31. The Hall–Kier alpha value is -0.950. The molecule has 0 unspecified atom stereocenters. The fourth-order valence-corrected chi connectivity index (χ4v) is 3.90. The Kier molecular flexibility index (Phi) is 6.05. The van der Waals surface area contributed by atoms with Gasteiger partial charge >= 0.3 is 0 Å². The molecule has 0 aliphatic carbocycles. The third kappa shape index (κ3) is 4.76. The number of carbonyl (C=O) groups is 1. The Balaban J connectivity index is 1.32. The van der Waals surface area contributed by atoms with Crippen molar-refractivity contribution in [2.45, 2.75) is 25.9 Å². The molecule has 2 saturated heterocycles. The number of nitrogens with zero attached hydrogens (tertiary/aromatic N) is 2. The minimum atomic E-state index is 0.178. The van der Waals surface area contributed by atoms with Crippen molar-refractivity contribution in [3.05, 3.63) is 21.9 Å². The second-order valence-electron chi connectivity index (χ2n) is 6.25. The second kappa shape index (κ2) is 8.24. The average molecular weight is 338 g/mol. The molecule has 0 radical (unpaired) electrons. The van der Waals surface area contributed by atoms with Gasteiger partial charge in [0.2, 0.25) is 0 Å². The zero-order valence-corrected chi connectivity index (χ0v) is 14.6. The van der Waals surface area contributed by atoms with Crippen molar-refractivity contribution in [1.82, 2.24) is 9.80 Å². The first-order valence-electron chi connectivity index (χ1n) is 8.50. The summed E-state index contributed by atoms with van der Waals surface area (Å²) in [6.45, 7) is 8.80. The van der Waals surface area contributed by atoms with Gasteiger partial charge < -0.3 is 14.4 Å². The van der Waals surface area contributed by atoms with Crippen LogP contribution in [0.2, 0.25) is 0 Å². The molecule has 2 aliphatic heterocycles. The van der Waals surface area contributed by atoms with Crippen molar-refractivity contribution in [2.24, 2.45) is 0 Å². The summed E-state index contributed by atoms with van der Waals surface area (Å²) in [4.78, 5) is 18.8. The van der Waals surface area contributed by atoms with Crippen LogP contribution in [0.15, 0.2) is 12.1 Å². The molecule has 0 bridgehead atoms. The molecule has 0 N–H and O–H groups in total. The molecule has 3 heterocycles. The Labute approximate surface area is 142 Å². The van der Waals surface area contributed by atoms with E-state index in [9.17, 15) is 4.79 Å². The summed E-state index contributed by atoms with van der Waals surface area (Å²) >= 11 is 1.58. The van der Waals surface area contributed by atoms with Crippen molar-refractivity contribution in [2.75, 3.05) is 52.5 Å². The first-order chi connectivity index (χ1) is 11.2. The van der Waals surface area contributed by atoms with Crippen LogP contribution in [0.4, 0.5) is 0 Å². The standard InChI is InChI=1S/C17H26N2O3S/c1-14-4-5-16(23-14)17(20)19-8-6-18(7-9-19)10-12-21-13-15-3-2-11-22-15/h4-5,15H,2-3,6-13H2,1H3/t15-/m1/s1. The third-order valence-electron chi connectivity index (χ3n) is 4.49. The van der Waals surface area contributed by atoms with E-state index in [2.05, 4.69) is 4.90 Å². The summed E-state index contributed by atoms with van der Waals surface area (Å²) in [5.41, 5.74) is 0. The normalized spacial score (nSPS) is 22.7. The van der Waals surface area contributed by atoms with Crippen LogP contribution in [0.1, 0.15) is 27.4 Å². The fourth-order valence-electron chi connectivity index (χ4n) is 3.06. The lowest BCUT2D eigenvalue weighted by Crippen LogP contribution is -2.49. The number of piperazine rings is 1. The van der Waals surface area contributed by atoms with E-state index >= 15 is 0 Å². The van der Waals surface area contributed by atoms with Crippen LogP contribution in [0, 0.1) is 6.92 Å². The highest BCUT2D eigenvalue weighted by Crippen LogP contribution is 2.18. The van der Waals surface area contributed by atoms with Crippen LogP contribution < -0.4 is 0 Å². The van der Waals surface area contributed by atoms with Gasteiger partial charge in [-0.25, -0.2) is 0 Å². The van der Waals surface area contributed by atoms with Gasteiger partial charge in [0, 0.05) is 44.2 Å². The van der Waals surface area contributed by atoms with E-state index in [1.807, 2.05) is 24.0 Å². The maximum atomic E-state index is 12.4. The number of hydrogen-bond donors (Lipinski definition) is 0. The minimum absolute atomic E-state index is 0.178. The summed E-state index contributed by atoms with van der Waals surface area (Å²) in [6, 6.07) is 3.95. The summed E-state index contributed by atoms with van der Waals surface area (Å²) in [5.74, 6) is 0.178. The van der Waals surface area contributed by atoms with E-state index in [4.69, 9.17) is 9.47 Å². The second-order valence-corrected chi connectivity index (χ2v) is 7.54. The molecular weight excluding hydrogens is 312 g/mol. The van der Waals surface area contributed by atoms with Crippen LogP contribution in [0.5, 0.6) is 0 Å². The minimum Gasteiger partial charge on any atom is -0.377 e. The molecule has 128 valence electrons. The van der Waals surface area contributed by atoms with Crippen molar-refractivity contribution in [3.8, 4) is 0 Å². The van der Waals surface area contributed by atoms with Gasteiger partial charge in [0.25, 0.3) is 5.91 Å². The van der Waals surface area contributed by atoms with E-state index in [0.29, 0.717) is 6.10 Å². The van der Waals surface area contributed by atoms with Gasteiger partial charge in [-0.2, -0.15) is 0 Å². The van der Waals surface area contributed by atoms with Gasteiger partial charge in [0.15, 0.2) is 0 Å². The SMILES string of the molecule is Cc1ccc(C(=O)N2CCN(CCOC[C@H]3CCCO3)CC2)s1. The fraction of sp³-hybridized carbons (Fsp3) is 0.706. The predicted molar refractivity (Wildman–Crippen MR) is 91.2 cm³/mol. The highest BCUT2D eigenvalue weighted by Gasteiger charge is 2.23. The van der Waals surface area contributed by atoms with Gasteiger partial charge in [-0.05, 0) is 31.9 Å². The third-order valence-corrected chi connectivity index (χ3v) is 5.48. The average Bonchev–Trinajstić information content (AvgIpc) is 3.23. The Bertz CT molecular complexity index is 506. The summed E-state index contributed by atoms with van der Waals surface area (Å²) in [6.07, 6.45) is 2.59. The molecular formula is C17H26N2O3S. The molecule has 23 heavy (non-hydrogen) atoms. The number of rotatable bonds is 6. The van der Waals surface area contributed by atoms with Crippen molar-refractivity contribution < 1.29 is 14.3 Å². The number of amides is 1. The quantitative estimate of drug-likeness (QED) is 0.744. The zero-order valence-electron chi connectivity index (χ0n) is 13.8. The highest BCUT2D eigenvalue weighted by molar-refractivity contribution is 7.13. The molecule has 0 aromatic carbocycles. The van der Waals surface area contributed by atoms with Gasteiger partial charge in [-0.1, -0.05) is 0 Å². The number of thiophene rings is 1. The predicted octanol–water partition coefficient (Wildman–Crippen LogP) is 2.01. The Morgan fingerprint density at radius 1 is 1.35 bits per heavy atom. The highest BCUT2D eigenvalue weighted by atomic mass is 32.1. The van der Waals surface area contributed by atoms with Crippen LogP contribution >= 0.6 is 11.3 Å². The smallest absolute Gasteiger partial charge is 0.264 e. The number of carbonyl (C=O) groups excluding carboxylic acids is 1. The molecule has 1 atom stereocenters. The van der Waals surface area contributed by atoms with E-state index < -0.39 is 0 Å². The van der Waals surface area contributed by atoms with E-state index in [-0.39, 0.29) is 5.91 Å².